The number of halogens is 5. The molecule has 0 spiro atoms. The molecule has 206 valence electrons. The highest BCUT2D eigenvalue weighted by Gasteiger charge is 2.49. The van der Waals surface area contributed by atoms with Crippen LogP contribution < -0.4 is 9.46 Å². The van der Waals surface area contributed by atoms with Crippen LogP contribution in [0.5, 0.6) is 5.88 Å². The molecule has 0 aliphatic carbocycles. The van der Waals surface area contributed by atoms with Crippen LogP contribution in [0.15, 0.2) is 47.6 Å². The van der Waals surface area contributed by atoms with E-state index in [0.29, 0.717) is 28.8 Å². The molecule has 0 unspecified atom stereocenters. The van der Waals surface area contributed by atoms with Crippen molar-refractivity contribution in [2.45, 2.75) is 30.2 Å². The Morgan fingerprint density at radius 2 is 1.87 bits per heavy atom. The summed E-state index contributed by atoms with van der Waals surface area (Å²) in [4.78, 5) is 13.7. The standard InChI is InChI=1S/C23H20F5N7O3S/c1-12-18-20(33-32-12)30-19(31-21(18)38-16-10-35(2)11-22(16,24)25)13-3-5-15(6-4-13)34-39(36,37)17-9-14(7-8-29-17)23(26,27)28/h3-9,16,34H,10-11H2,1-2H3,(H,30,31,32,33)/t16-/m1/s1. The number of nitrogens with one attached hydrogen (secondary N) is 2. The molecule has 3 aromatic heterocycles. The number of alkyl halides is 5. The largest absolute Gasteiger partial charge is 0.466 e. The normalized spacial score (nSPS) is 18.0. The summed E-state index contributed by atoms with van der Waals surface area (Å²) in [6.45, 7) is 1.17. The Labute approximate surface area is 218 Å². The number of pyridine rings is 1. The second-order valence-electron chi connectivity index (χ2n) is 9.01. The monoisotopic (exact) mass is 569 g/mol. The number of aromatic amines is 1. The van der Waals surface area contributed by atoms with Gasteiger partial charge >= 0.3 is 6.18 Å². The van der Waals surface area contributed by atoms with Crippen molar-refractivity contribution in [3.63, 3.8) is 0 Å². The molecule has 0 bridgehead atoms. The van der Waals surface area contributed by atoms with E-state index in [0.717, 1.165) is 6.20 Å². The summed E-state index contributed by atoms with van der Waals surface area (Å²) >= 11 is 0. The van der Waals surface area contributed by atoms with E-state index < -0.39 is 45.4 Å². The molecule has 4 heterocycles. The minimum Gasteiger partial charge on any atom is -0.466 e. The Hall–Kier alpha value is -3.92. The predicted molar refractivity (Wildman–Crippen MR) is 129 cm³/mol. The molecule has 39 heavy (non-hydrogen) atoms. The van der Waals surface area contributed by atoms with E-state index in [1.54, 1.807) is 14.0 Å². The van der Waals surface area contributed by atoms with Gasteiger partial charge in [0.25, 0.3) is 15.9 Å². The first-order chi connectivity index (χ1) is 18.2. The van der Waals surface area contributed by atoms with Crippen molar-refractivity contribution >= 4 is 26.7 Å². The van der Waals surface area contributed by atoms with Crippen molar-refractivity contribution < 1.29 is 35.1 Å². The smallest absolute Gasteiger partial charge is 0.416 e. The molecule has 0 amide bonds. The Morgan fingerprint density at radius 3 is 2.51 bits per heavy atom. The number of aryl methyl sites for hydroxylation is 1. The zero-order valence-corrected chi connectivity index (χ0v) is 21.1. The SMILES string of the molecule is Cc1n[nH]c2nc(-c3ccc(NS(=O)(=O)c4cc(C(F)(F)F)ccn4)cc3)nc(O[C@@H]3CN(C)CC3(F)F)c12. The van der Waals surface area contributed by atoms with Gasteiger partial charge in [-0.2, -0.15) is 31.7 Å². The number of ether oxygens (including phenoxy) is 1. The van der Waals surface area contributed by atoms with Crippen molar-refractivity contribution in [3.8, 4) is 17.3 Å². The lowest BCUT2D eigenvalue weighted by molar-refractivity contribution is -0.137. The van der Waals surface area contributed by atoms with Gasteiger partial charge in [0.05, 0.1) is 17.8 Å². The van der Waals surface area contributed by atoms with E-state index in [9.17, 15) is 30.4 Å². The zero-order chi connectivity index (χ0) is 28.2. The molecule has 1 aliphatic rings. The first-order valence-electron chi connectivity index (χ1n) is 11.4. The third-order valence-corrected chi connectivity index (χ3v) is 7.26. The van der Waals surface area contributed by atoms with Crippen LogP contribution >= 0.6 is 0 Å². The maximum Gasteiger partial charge on any atom is 0.416 e. The number of nitrogens with zero attached hydrogens (tertiary/aromatic N) is 5. The molecule has 2 N–H and O–H groups in total. The van der Waals surface area contributed by atoms with Gasteiger partial charge < -0.3 is 4.74 Å². The van der Waals surface area contributed by atoms with Crippen LogP contribution in [0.1, 0.15) is 11.3 Å². The van der Waals surface area contributed by atoms with E-state index >= 15 is 0 Å². The van der Waals surface area contributed by atoms with Crippen LogP contribution in [0.4, 0.5) is 27.6 Å². The second kappa shape index (κ2) is 9.37. The molecule has 1 saturated heterocycles. The fraction of sp³-hybridized carbons (Fsp3) is 0.304. The summed E-state index contributed by atoms with van der Waals surface area (Å²) in [6, 6.07) is 6.67. The van der Waals surface area contributed by atoms with Crippen molar-refractivity contribution in [1.82, 2.24) is 30.0 Å². The van der Waals surface area contributed by atoms with E-state index in [1.165, 1.54) is 29.2 Å². The third-order valence-electron chi connectivity index (χ3n) is 5.98. The molecule has 1 atom stereocenters. The van der Waals surface area contributed by atoms with E-state index in [2.05, 4.69) is 29.9 Å². The van der Waals surface area contributed by atoms with Crippen molar-refractivity contribution in [2.75, 3.05) is 24.9 Å². The van der Waals surface area contributed by atoms with Crippen molar-refractivity contribution in [1.29, 1.82) is 0 Å². The topological polar surface area (TPSA) is 126 Å². The average molecular weight is 570 g/mol. The van der Waals surface area contributed by atoms with Gasteiger partial charge in [0.2, 0.25) is 5.88 Å². The van der Waals surface area contributed by atoms with Crippen LogP contribution in [0.3, 0.4) is 0 Å². The fourth-order valence-electron chi connectivity index (χ4n) is 4.08. The first kappa shape index (κ1) is 26.7. The molecule has 1 aromatic carbocycles. The summed E-state index contributed by atoms with van der Waals surface area (Å²) < 4.78 is 101. The van der Waals surface area contributed by atoms with E-state index in [1.807, 2.05) is 0 Å². The molecule has 1 aliphatic heterocycles. The maximum absolute atomic E-state index is 14.4. The first-order valence-corrected chi connectivity index (χ1v) is 12.8. The Balaban J connectivity index is 1.42. The van der Waals surface area contributed by atoms with Crippen LogP contribution in [-0.4, -0.2) is 70.6 Å². The highest BCUT2D eigenvalue weighted by atomic mass is 32.2. The molecule has 0 radical (unpaired) electrons. The number of aromatic nitrogens is 5. The van der Waals surface area contributed by atoms with E-state index in [-0.39, 0.29) is 29.6 Å². The van der Waals surface area contributed by atoms with Crippen LogP contribution in [0, 0.1) is 6.92 Å². The number of likely N-dealkylation sites (tertiary alicyclic amines) is 1. The van der Waals surface area contributed by atoms with Crippen LogP contribution in [0.25, 0.3) is 22.4 Å². The maximum atomic E-state index is 14.4. The molecule has 5 rings (SSSR count). The van der Waals surface area contributed by atoms with Gasteiger partial charge in [-0.15, -0.1) is 0 Å². The highest BCUT2D eigenvalue weighted by Crippen LogP contribution is 2.34. The van der Waals surface area contributed by atoms with Gasteiger partial charge in [0, 0.05) is 24.0 Å². The molecular formula is C23H20F5N7O3S. The third kappa shape index (κ3) is 5.34. The molecule has 10 nitrogen and oxygen atoms in total. The predicted octanol–water partition coefficient (Wildman–Crippen LogP) is 3.87. The minimum absolute atomic E-state index is 0.0136. The molecule has 4 aromatic rings. The van der Waals surface area contributed by atoms with Gasteiger partial charge in [-0.3, -0.25) is 14.7 Å². The van der Waals surface area contributed by atoms with Gasteiger partial charge in [-0.25, -0.2) is 18.7 Å². The van der Waals surface area contributed by atoms with Crippen LogP contribution in [-0.2, 0) is 16.2 Å². The number of hydrogen-bond acceptors (Lipinski definition) is 8. The summed E-state index contributed by atoms with van der Waals surface area (Å²) in [5.74, 6) is -3.09. The number of anilines is 1. The number of sulfonamides is 1. The molecule has 0 saturated carbocycles. The van der Waals surface area contributed by atoms with Gasteiger partial charge in [0.15, 0.2) is 22.6 Å². The second-order valence-corrected chi connectivity index (χ2v) is 10.6. The molecule has 16 heteroatoms. The number of H-pyrrole nitrogens is 1. The number of hydrogen-bond donors (Lipinski definition) is 2. The fourth-order valence-corrected chi connectivity index (χ4v) is 5.12. The summed E-state index contributed by atoms with van der Waals surface area (Å²) in [5, 5.41) is 6.32. The van der Waals surface area contributed by atoms with Crippen molar-refractivity contribution in [3.05, 3.63) is 53.9 Å². The molecule has 1 fully saturated rings. The number of benzene rings is 1. The summed E-state index contributed by atoms with van der Waals surface area (Å²) in [6.07, 6.45) is -5.43. The Morgan fingerprint density at radius 1 is 1.15 bits per heavy atom. The number of fused-ring (bicyclic) bond motifs is 1. The quantitative estimate of drug-likeness (QED) is 0.335. The van der Waals surface area contributed by atoms with Crippen molar-refractivity contribution in [2.24, 2.45) is 0 Å². The Kier molecular flexibility index (Phi) is 6.41. The van der Waals surface area contributed by atoms with E-state index in [4.69, 9.17) is 4.74 Å². The zero-order valence-electron chi connectivity index (χ0n) is 20.3. The lowest BCUT2D eigenvalue weighted by Crippen LogP contribution is -2.36. The van der Waals surface area contributed by atoms with Crippen LogP contribution in [0.2, 0.25) is 0 Å². The molecular weight excluding hydrogens is 549 g/mol. The Bertz CT molecular complexity index is 1640. The summed E-state index contributed by atoms with van der Waals surface area (Å²) in [7, 11) is -2.88. The lowest BCUT2D eigenvalue weighted by atomic mass is 10.2. The van der Waals surface area contributed by atoms with Gasteiger partial charge in [-0.1, -0.05) is 0 Å². The number of rotatable bonds is 6. The number of likely N-dealkylation sites (N-methyl/N-ethyl adjacent to an activating group) is 1. The lowest BCUT2D eigenvalue weighted by Gasteiger charge is -2.19. The average Bonchev–Trinajstić information content (AvgIpc) is 3.36. The van der Waals surface area contributed by atoms with Gasteiger partial charge in [0.1, 0.15) is 5.39 Å². The minimum atomic E-state index is -4.74. The highest BCUT2D eigenvalue weighted by molar-refractivity contribution is 7.92. The summed E-state index contributed by atoms with van der Waals surface area (Å²) in [5.41, 5.74) is -0.0439. The van der Waals surface area contributed by atoms with Gasteiger partial charge in [-0.05, 0) is 50.4 Å².